The largest absolute Gasteiger partial charge is 0.378 e. The van der Waals surface area contributed by atoms with Crippen LogP contribution in [0.3, 0.4) is 0 Å². The Bertz CT molecular complexity index is 323. The molecule has 78 valence electrons. The third kappa shape index (κ3) is 1.97. The Kier molecular flexibility index (Phi) is 2.98. The molecule has 1 N–H and O–H groups in total. The van der Waals surface area contributed by atoms with E-state index in [9.17, 15) is 17.6 Å². The van der Waals surface area contributed by atoms with Crippen LogP contribution in [0.2, 0.25) is 0 Å². The molecule has 0 aliphatic carbocycles. The standard InChI is InChI=1S/C9H9F4N/c1-4(2)14-9-7(12)5(10)3-6(11)8(9)13/h3-4,14H,1-2H3. The van der Waals surface area contributed by atoms with Crippen molar-refractivity contribution in [3.05, 3.63) is 29.3 Å². The highest BCUT2D eigenvalue weighted by molar-refractivity contribution is 5.47. The molecule has 1 rings (SSSR count). The molecule has 0 bridgehead atoms. The molecule has 0 spiro atoms. The zero-order valence-corrected chi connectivity index (χ0v) is 7.67. The van der Waals surface area contributed by atoms with Gasteiger partial charge in [0, 0.05) is 12.1 Å². The fourth-order valence-corrected chi connectivity index (χ4v) is 0.989. The van der Waals surface area contributed by atoms with E-state index in [0.717, 1.165) is 0 Å². The van der Waals surface area contributed by atoms with Crippen LogP contribution < -0.4 is 5.32 Å². The van der Waals surface area contributed by atoms with Gasteiger partial charge < -0.3 is 5.32 Å². The molecule has 0 aliphatic rings. The number of anilines is 1. The predicted molar refractivity (Wildman–Crippen MR) is 45.0 cm³/mol. The van der Waals surface area contributed by atoms with Gasteiger partial charge in [-0.25, -0.2) is 17.6 Å². The second-order valence-corrected chi connectivity index (χ2v) is 3.14. The van der Waals surface area contributed by atoms with E-state index in [1.54, 1.807) is 13.8 Å². The normalized spacial score (nSPS) is 10.8. The first-order chi connectivity index (χ1) is 6.43. The lowest BCUT2D eigenvalue weighted by Crippen LogP contribution is -2.14. The number of nitrogens with one attached hydrogen (secondary N) is 1. The molecular weight excluding hydrogens is 198 g/mol. The van der Waals surface area contributed by atoms with Crippen molar-refractivity contribution in [2.45, 2.75) is 19.9 Å². The van der Waals surface area contributed by atoms with Crippen molar-refractivity contribution in [3.63, 3.8) is 0 Å². The van der Waals surface area contributed by atoms with Gasteiger partial charge in [0.05, 0.1) is 0 Å². The molecule has 1 aromatic carbocycles. The van der Waals surface area contributed by atoms with Crippen LogP contribution in [-0.2, 0) is 0 Å². The smallest absolute Gasteiger partial charge is 0.185 e. The van der Waals surface area contributed by atoms with Crippen LogP contribution >= 0.6 is 0 Å². The van der Waals surface area contributed by atoms with Crippen LogP contribution in [0.25, 0.3) is 0 Å². The summed E-state index contributed by atoms with van der Waals surface area (Å²) in [6.45, 7) is 3.20. The highest BCUT2D eigenvalue weighted by Crippen LogP contribution is 2.24. The molecule has 0 atom stereocenters. The maximum absolute atomic E-state index is 13.0. The van der Waals surface area contributed by atoms with E-state index in [4.69, 9.17) is 0 Å². The molecule has 14 heavy (non-hydrogen) atoms. The summed E-state index contributed by atoms with van der Waals surface area (Å²) in [6, 6.07) is -0.143. The summed E-state index contributed by atoms with van der Waals surface area (Å²) in [5.41, 5.74) is -0.766. The fourth-order valence-electron chi connectivity index (χ4n) is 0.989. The first kappa shape index (κ1) is 10.8. The molecule has 0 saturated heterocycles. The monoisotopic (exact) mass is 207 g/mol. The van der Waals surface area contributed by atoms with E-state index in [1.165, 1.54) is 0 Å². The van der Waals surface area contributed by atoms with E-state index in [1.807, 2.05) is 0 Å². The van der Waals surface area contributed by atoms with E-state index in [2.05, 4.69) is 5.32 Å². The van der Waals surface area contributed by atoms with Crippen LogP contribution in [0.5, 0.6) is 0 Å². The Morgan fingerprint density at radius 2 is 1.43 bits per heavy atom. The second kappa shape index (κ2) is 3.86. The number of hydrogen-bond acceptors (Lipinski definition) is 1. The van der Waals surface area contributed by atoms with Crippen LogP contribution in [0.1, 0.15) is 13.8 Å². The lowest BCUT2D eigenvalue weighted by molar-refractivity contribution is 0.457. The van der Waals surface area contributed by atoms with E-state index in [0.29, 0.717) is 0 Å². The van der Waals surface area contributed by atoms with Gasteiger partial charge in [0.25, 0.3) is 0 Å². The molecule has 1 aromatic rings. The van der Waals surface area contributed by atoms with Crippen molar-refractivity contribution in [3.8, 4) is 0 Å². The summed E-state index contributed by atoms with van der Waals surface area (Å²) in [7, 11) is 0. The van der Waals surface area contributed by atoms with Gasteiger partial charge >= 0.3 is 0 Å². The van der Waals surface area contributed by atoms with Crippen LogP contribution in [0.4, 0.5) is 23.2 Å². The maximum atomic E-state index is 13.0. The molecule has 0 fully saturated rings. The molecule has 0 aliphatic heterocycles. The van der Waals surface area contributed by atoms with Crippen LogP contribution in [0, 0.1) is 23.3 Å². The van der Waals surface area contributed by atoms with Gasteiger partial charge in [-0.1, -0.05) is 0 Å². The quantitative estimate of drug-likeness (QED) is 0.580. The molecular formula is C9H9F4N. The Morgan fingerprint density at radius 1 is 1.00 bits per heavy atom. The van der Waals surface area contributed by atoms with Gasteiger partial charge in [-0.2, -0.15) is 0 Å². The van der Waals surface area contributed by atoms with Gasteiger partial charge in [-0.3, -0.25) is 0 Å². The first-order valence-corrected chi connectivity index (χ1v) is 4.03. The predicted octanol–water partition coefficient (Wildman–Crippen LogP) is 3.06. The molecule has 0 aromatic heterocycles. The topological polar surface area (TPSA) is 12.0 Å². The van der Waals surface area contributed by atoms with Crippen molar-refractivity contribution in [1.82, 2.24) is 0 Å². The highest BCUT2D eigenvalue weighted by atomic mass is 19.2. The lowest BCUT2D eigenvalue weighted by atomic mass is 10.2. The summed E-state index contributed by atoms with van der Waals surface area (Å²) in [6.07, 6.45) is 0. The zero-order chi connectivity index (χ0) is 10.9. The van der Waals surface area contributed by atoms with Crippen molar-refractivity contribution in [1.29, 1.82) is 0 Å². The van der Waals surface area contributed by atoms with Crippen molar-refractivity contribution in [2.75, 3.05) is 5.32 Å². The van der Waals surface area contributed by atoms with Crippen molar-refractivity contribution >= 4 is 5.69 Å². The Labute approximate surface area is 78.7 Å². The molecule has 5 heteroatoms. The van der Waals surface area contributed by atoms with Crippen molar-refractivity contribution in [2.24, 2.45) is 0 Å². The highest BCUT2D eigenvalue weighted by Gasteiger charge is 2.19. The first-order valence-electron chi connectivity index (χ1n) is 4.03. The second-order valence-electron chi connectivity index (χ2n) is 3.14. The van der Waals surface area contributed by atoms with Crippen molar-refractivity contribution < 1.29 is 17.6 Å². The minimum Gasteiger partial charge on any atom is -0.378 e. The molecule has 0 saturated carbocycles. The molecule has 0 heterocycles. The maximum Gasteiger partial charge on any atom is 0.185 e. The Morgan fingerprint density at radius 3 is 1.79 bits per heavy atom. The fraction of sp³-hybridized carbons (Fsp3) is 0.333. The summed E-state index contributed by atoms with van der Waals surface area (Å²) >= 11 is 0. The average molecular weight is 207 g/mol. The average Bonchev–Trinajstić information content (AvgIpc) is 2.09. The summed E-state index contributed by atoms with van der Waals surface area (Å²) in [5.74, 6) is -5.63. The summed E-state index contributed by atoms with van der Waals surface area (Å²) < 4.78 is 51.2. The van der Waals surface area contributed by atoms with Crippen LogP contribution in [0.15, 0.2) is 6.07 Å². The molecule has 0 amide bonds. The molecule has 0 radical (unpaired) electrons. The third-order valence-corrected chi connectivity index (χ3v) is 1.54. The molecule has 1 nitrogen and oxygen atoms in total. The van der Waals surface area contributed by atoms with Gasteiger partial charge in [0.1, 0.15) is 5.69 Å². The van der Waals surface area contributed by atoms with Crippen LogP contribution in [-0.4, -0.2) is 6.04 Å². The number of hydrogen-bond donors (Lipinski definition) is 1. The minimum absolute atomic E-state index is 0.177. The summed E-state index contributed by atoms with van der Waals surface area (Å²) in [5, 5.41) is 2.29. The summed E-state index contributed by atoms with van der Waals surface area (Å²) in [4.78, 5) is 0. The van der Waals surface area contributed by atoms with E-state index in [-0.39, 0.29) is 12.1 Å². The Hall–Kier alpha value is -1.26. The van der Waals surface area contributed by atoms with E-state index >= 15 is 0 Å². The number of rotatable bonds is 2. The van der Waals surface area contributed by atoms with E-state index < -0.39 is 29.0 Å². The SMILES string of the molecule is CC(C)Nc1c(F)c(F)cc(F)c1F. The number of halogens is 4. The van der Waals surface area contributed by atoms with Gasteiger partial charge in [-0.15, -0.1) is 0 Å². The Balaban J connectivity index is 3.25. The van der Waals surface area contributed by atoms with Gasteiger partial charge in [-0.05, 0) is 13.8 Å². The minimum atomic E-state index is -1.41. The van der Waals surface area contributed by atoms with Gasteiger partial charge in [0.15, 0.2) is 23.3 Å². The number of benzene rings is 1. The molecule has 0 unspecified atom stereocenters. The van der Waals surface area contributed by atoms with Gasteiger partial charge in [0.2, 0.25) is 0 Å². The lowest BCUT2D eigenvalue weighted by Gasteiger charge is -2.12. The third-order valence-electron chi connectivity index (χ3n) is 1.54. The zero-order valence-electron chi connectivity index (χ0n) is 7.67.